The van der Waals surface area contributed by atoms with E-state index in [1.807, 2.05) is 42.5 Å². The molecule has 1 N–H and O–H groups in total. The third-order valence-electron chi connectivity index (χ3n) is 4.54. The molecule has 0 saturated carbocycles. The number of benzene rings is 2. The summed E-state index contributed by atoms with van der Waals surface area (Å²) in [5, 5.41) is 2.99. The van der Waals surface area contributed by atoms with Crippen LogP contribution in [0.5, 0.6) is 0 Å². The van der Waals surface area contributed by atoms with E-state index in [9.17, 15) is 9.59 Å². The van der Waals surface area contributed by atoms with Gasteiger partial charge in [0, 0.05) is 24.2 Å². The molecule has 0 fully saturated rings. The van der Waals surface area contributed by atoms with E-state index in [2.05, 4.69) is 19.2 Å². The average Bonchev–Trinajstić information content (AvgIpc) is 3.01. The standard InChI is InChI=1S/C21H24N2O2/c1-15(2)12-13-22-20(24)19-14-17-10-6-7-11-18(17)23(19)21(25)16-8-4-3-5-9-16/h3-11,15,19H,12-14H2,1-2H3,(H,22,24)/t19-/m0/s1. The molecule has 0 saturated heterocycles. The molecule has 0 radical (unpaired) electrons. The molecule has 4 nitrogen and oxygen atoms in total. The maximum absolute atomic E-state index is 13.1. The quantitative estimate of drug-likeness (QED) is 0.909. The third kappa shape index (κ3) is 3.73. The Labute approximate surface area is 148 Å². The molecule has 1 atom stereocenters. The van der Waals surface area contributed by atoms with E-state index in [0.29, 0.717) is 24.4 Å². The van der Waals surface area contributed by atoms with Crippen LogP contribution in [0.1, 0.15) is 36.2 Å². The monoisotopic (exact) mass is 336 g/mol. The molecule has 1 heterocycles. The van der Waals surface area contributed by atoms with E-state index in [-0.39, 0.29) is 11.8 Å². The normalized spacial score (nSPS) is 16.0. The first-order valence-corrected chi connectivity index (χ1v) is 8.82. The lowest BCUT2D eigenvalue weighted by atomic mass is 10.1. The number of amides is 2. The van der Waals surface area contributed by atoms with Crippen LogP contribution in [-0.4, -0.2) is 24.4 Å². The summed E-state index contributed by atoms with van der Waals surface area (Å²) in [5.41, 5.74) is 2.47. The minimum Gasteiger partial charge on any atom is -0.354 e. The zero-order chi connectivity index (χ0) is 17.8. The van der Waals surface area contributed by atoms with Gasteiger partial charge < -0.3 is 5.32 Å². The Kier molecular flexibility index (Phi) is 5.17. The number of rotatable bonds is 5. The largest absolute Gasteiger partial charge is 0.354 e. The summed E-state index contributed by atoms with van der Waals surface area (Å²) in [4.78, 5) is 27.4. The summed E-state index contributed by atoms with van der Waals surface area (Å²) >= 11 is 0. The van der Waals surface area contributed by atoms with Gasteiger partial charge in [-0.25, -0.2) is 0 Å². The van der Waals surface area contributed by atoms with Gasteiger partial charge in [0.25, 0.3) is 5.91 Å². The Morgan fingerprint density at radius 2 is 1.76 bits per heavy atom. The van der Waals surface area contributed by atoms with Crippen molar-refractivity contribution in [1.82, 2.24) is 5.32 Å². The molecule has 0 spiro atoms. The van der Waals surface area contributed by atoms with Gasteiger partial charge in [-0.05, 0) is 36.1 Å². The highest BCUT2D eigenvalue weighted by molar-refractivity contribution is 6.11. The molecule has 0 unspecified atom stereocenters. The summed E-state index contributed by atoms with van der Waals surface area (Å²) in [5.74, 6) is 0.318. The van der Waals surface area contributed by atoms with Crippen molar-refractivity contribution >= 4 is 17.5 Å². The fraction of sp³-hybridized carbons (Fsp3) is 0.333. The van der Waals surface area contributed by atoms with Crippen molar-refractivity contribution in [3.05, 3.63) is 65.7 Å². The topological polar surface area (TPSA) is 49.4 Å². The fourth-order valence-corrected chi connectivity index (χ4v) is 3.17. The van der Waals surface area contributed by atoms with Gasteiger partial charge >= 0.3 is 0 Å². The van der Waals surface area contributed by atoms with E-state index in [1.54, 1.807) is 17.0 Å². The highest BCUT2D eigenvalue weighted by Gasteiger charge is 2.38. The molecule has 0 bridgehead atoms. The first-order chi connectivity index (χ1) is 12.1. The second kappa shape index (κ2) is 7.51. The molecule has 1 aliphatic heterocycles. The second-order valence-corrected chi connectivity index (χ2v) is 6.86. The highest BCUT2D eigenvalue weighted by Crippen LogP contribution is 2.33. The Balaban J connectivity index is 1.85. The van der Waals surface area contributed by atoms with Gasteiger partial charge in [-0.3, -0.25) is 14.5 Å². The van der Waals surface area contributed by atoms with Gasteiger partial charge in [0.05, 0.1) is 0 Å². The van der Waals surface area contributed by atoms with E-state index in [1.165, 1.54) is 0 Å². The molecule has 2 amide bonds. The summed E-state index contributed by atoms with van der Waals surface area (Å²) in [6, 6.07) is 16.4. The van der Waals surface area contributed by atoms with Gasteiger partial charge in [0.2, 0.25) is 5.91 Å². The maximum atomic E-state index is 13.1. The maximum Gasteiger partial charge on any atom is 0.259 e. The molecule has 2 aromatic rings. The van der Waals surface area contributed by atoms with Gasteiger partial charge in [-0.1, -0.05) is 50.2 Å². The van der Waals surface area contributed by atoms with Crippen LogP contribution in [0.4, 0.5) is 5.69 Å². The first kappa shape index (κ1) is 17.2. The van der Waals surface area contributed by atoms with Crippen LogP contribution in [0.25, 0.3) is 0 Å². The van der Waals surface area contributed by atoms with Crippen LogP contribution >= 0.6 is 0 Å². The zero-order valence-electron chi connectivity index (χ0n) is 14.7. The SMILES string of the molecule is CC(C)CCNC(=O)[C@@H]1Cc2ccccc2N1C(=O)c1ccccc1. The van der Waals surface area contributed by atoms with Gasteiger partial charge in [-0.2, -0.15) is 0 Å². The lowest BCUT2D eigenvalue weighted by molar-refractivity contribution is -0.122. The Morgan fingerprint density at radius 3 is 2.48 bits per heavy atom. The average molecular weight is 336 g/mol. The van der Waals surface area contributed by atoms with Crippen LogP contribution < -0.4 is 10.2 Å². The molecule has 3 rings (SSSR count). The number of anilines is 1. The molecular weight excluding hydrogens is 312 g/mol. The summed E-state index contributed by atoms with van der Waals surface area (Å²) in [6.45, 7) is 4.89. The van der Waals surface area contributed by atoms with Gasteiger partial charge in [-0.15, -0.1) is 0 Å². The molecule has 4 heteroatoms. The van der Waals surface area contributed by atoms with Crippen molar-refractivity contribution in [2.45, 2.75) is 32.7 Å². The van der Waals surface area contributed by atoms with Crippen molar-refractivity contribution in [3.63, 3.8) is 0 Å². The third-order valence-corrected chi connectivity index (χ3v) is 4.54. The Hall–Kier alpha value is -2.62. The summed E-state index contributed by atoms with van der Waals surface area (Å²) in [7, 11) is 0. The summed E-state index contributed by atoms with van der Waals surface area (Å²) in [6.07, 6.45) is 1.49. The predicted molar refractivity (Wildman–Crippen MR) is 99.7 cm³/mol. The second-order valence-electron chi connectivity index (χ2n) is 6.86. The number of nitrogens with one attached hydrogen (secondary N) is 1. The molecule has 1 aliphatic rings. The van der Waals surface area contributed by atoms with Crippen molar-refractivity contribution in [3.8, 4) is 0 Å². The number of fused-ring (bicyclic) bond motifs is 1. The van der Waals surface area contributed by atoms with Crippen LogP contribution in [0, 0.1) is 5.92 Å². The molecule has 0 aromatic heterocycles. The molecule has 0 aliphatic carbocycles. The van der Waals surface area contributed by atoms with Crippen molar-refractivity contribution in [1.29, 1.82) is 0 Å². The van der Waals surface area contributed by atoms with Crippen molar-refractivity contribution < 1.29 is 9.59 Å². The minimum absolute atomic E-state index is 0.0823. The zero-order valence-corrected chi connectivity index (χ0v) is 14.7. The van der Waals surface area contributed by atoms with Crippen LogP contribution in [-0.2, 0) is 11.2 Å². The smallest absolute Gasteiger partial charge is 0.259 e. The van der Waals surface area contributed by atoms with Crippen LogP contribution in [0.15, 0.2) is 54.6 Å². The number of para-hydroxylation sites is 1. The summed E-state index contributed by atoms with van der Waals surface area (Å²) < 4.78 is 0. The molecular formula is C21H24N2O2. The number of nitrogens with zero attached hydrogens (tertiary/aromatic N) is 1. The van der Waals surface area contributed by atoms with Crippen LogP contribution in [0.3, 0.4) is 0 Å². The minimum atomic E-state index is -0.489. The van der Waals surface area contributed by atoms with E-state index in [0.717, 1.165) is 17.7 Å². The molecule has 2 aromatic carbocycles. The van der Waals surface area contributed by atoms with Crippen molar-refractivity contribution in [2.75, 3.05) is 11.4 Å². The number of carbonyl (C=O) groups excluding carboxylic acids is 2. The number of hydrogen-bond acceptors (Lipinski definition) is 2. The predicted octanol–water partition coefficient (Wildman–Crippen LogP) is 3.42. The molecule has 130 valence electrons. The van der Waals surface area contributed by atoms with E-state index in [4.69, 9.17) is 0 Å². The Bertz CT molecular complexity index is 756. The number of hydrogen-bond donors (Lipinski definition) is 1. The van der Waals surface area contributed by atoms with Crippen molar-refractivity contribution in [2.24, 2.45) is 5.92 Å². The van der Waals surface area contributed by atoms with Gasteiger partial charge in [0.1, 0.15) is 6.04 Å². The fourth-order valence-electron chi connectivity index (χ4n) is 3.17. The Morgan fingerprint density at radius 1 is 1.08 bits per heavy atom. The number of carbonyl (C=O) groups is 2. The highest BCUT2D eigenvalue weighted by atomic mass is 16.2. The first-order valence-electron chi connectivity index (χ1n) is 8.82. The van der Waals surface area contributed by atoms with E-state index < -0.39 is 6.04 Å². The lowest BCUT2D eigenvalue weighted by Gasteiger charge is -2.25. The molecule has 25 heavy (non-hydrogen) atoms. The lowest BCUT2D eigenvalue weighted by Crippen LogP contribution is -2.48. The van der Waals surface area contributed by atoms with Gasteiger partial charge in [0.15, 0.2) is 0 Å². The van der Waals surface area contributed by atoms with Crippen LogP contribution in [0.2, 0.25) is 0 Å². The van der Waals surface area contributed by atoms with E-state index >= 15 is 0 Å².